The summed E-state index contributed by atoms with van der Waals surface area (Å²) in [6.07, 6.45) is 5.60. The van der Waals surface area contributed by atoms with E-state index in [1.165, 1.54) is 0 Å². The van der Waals surface area contributed by atoms with E-state index < -0.39 is 0 Å². The molecule has 0 aliphatic carbocycles. The Balaban J connectivity index is 2.28. The number of nitrogens with zero attached hydrogens (tertiary/aromatic N) is 2. The van der Waals surface area contributed by atoms with Crippen molar-refractivity contribution in [2.24, 2.45) is 12.8 Å². The van der Waals surface area contributed by atoms with Gasteiger partial charge < -0.3 is 15.0 Å². The maximum Gasteiger partial charge on any atom is 0.125 e. The van der Waals surface area contributed by atoms with Gasteiger partial charge in [-0.2, -0.15) is 0 Å². The Labute approximate surface area is 85.1 Å². The van der Waals surface area contributed by atoms with E-state index in [0.717, 1.165) is 31.9 Å². The summed E-state index contributed by atoms with van der Waals surface area (Å²) in [4.78, 5) is 4.21. The summed E-state index contributed by atoms with van der Waals surface area (Å²) in [5.41, 5.74) is 5.98. The smallest absolute Gasteiger partial charge is 0.125 e. The third-order valence-electron chi connectivity index (χ3n) is 2.20. The minimum absolute atomic E-state index is 0.0236. The molecule has 0 amide bonds. The Kier molecular flexibility index (Phi) is 4.62. The van der Waals surface area contributed by atoms with Gasteiger partial charge in [-0.15, -0.1) is 0 Å². The highest BCUT2D eigenvalue weighted by atomic mass is 16.5. The summed E-state index contributed by atoms with van der Waals surface area (Å²) in [5.74, 6) is 0.946. The molecule has 1 heterocycles. The van der Waals surface area contributed by atoms with Gasteiger partial charge in [-0.1, -0.05) is 0 Å². The third-order valence-corrected chi connectivity index (χ3v) is 2.20. The van der Waals surface area contributed by atoms with Crippen molar-refractivity contribution in [2.75, 3.05) is 13.2 Å². The molecule has 1 rings (SSSR count). The Bertz CT molecular complexity index is 260. The van der Waals surface area contributed by atoms with Crippen molar-refractivity contribution in [1.29, 1.82) is 0 Å². The van der Waals surface area contributed by atoms with Gasteiger partial charge in [0.1, 0.15) is 5.82 Å². The van der Waals surface area contributed by atoms with Crippen molar-refractivity contribution in [2.45, 2.75) is 25.8 Å². The molecule has 0 aliphatic heterocycles. The van der Waals surface area contributed by atoms with Crippen LogP contribution in [0.15, 0.2) is 12.4 Å². The number of aromatic nitrogens is 2. The van der Waals surface area contributed by atoms with Crippen LogP contribution in [0.3, 0.4) is 0 Å². The van der Waals surface area contributed by atoms with Crippen LogP contribution in [0.25, 0.3) is 0 Å². The minimum Gasteiger partial charge on any atom is -0.382 e. The summed E-state index contributed by atoms with van der Waals surface area (Å²) in [7, 11) is 1.96. The van der Waals surface area contributed by atoms with Gasteiger partial charge in [0.15, 0.2) is 0 Å². The molecule has 1 unspecified atom stereocenters. The fourth-order valence-electron chi connectivity index (χ4n) is 1.41. The molecule has 80 valence electrons. The van der Waals surface area contributed by atoms with Crippen molar-refractivity contribution in [3.05, 3.63) is 18.2 Å². The monoisotopic (exact) mass is 197 g/mol. The first-order valence-electron chi connectivity index (χ1n) is 5.06. The number of rotatable bonds is 6. The second-order valence-corrected chi connectivity index (χ2v) is 3.34. The lowest BCUT2D eigenvalue weighted by molar-refractivity contribution is 0.141. The Morgan fingerprint density at radius 1 is 1.64 bits per heavy atom. The number of ether oxygens (including phenoxy) is 1. The zero-order valence-electron chi connectivity index (χ0n) is 8.94. The first kappa shape index (κ1) is 11.2. The number of hydrogen-bond acceptors (Lipinski definition) is 3. The van der Waals surface area contributed by atoms with Crippen LogP contribution in [-0.4, -0.2) is 22.8 Å². The van der Waals surface area contributed by atoms with Gasteiger partial charge in [0, 0.05) is 32.7 Å². The van der Waals surface area contributed by atoms with Crippen LogP contribution < -0.4 is 5.73 Å². The zero-order chi connectivity index (χ0) is 10.4. The topological polar surface area (TPSA) is 53.1 Å². The predicted molar refractivity (Wildman–Crippen MR) is 55.9 cm³/mol. The van der Waals surface area contributed by atoms with Gasteiger partial charge in [-0.05, 0) is 19.8 Å². The molecule has 14 heavy (non-hydrogen) atoms. The normalized spacial score (nSPS) is 13.1. The first-order chi connectivity index (χ1) is 6.75. The molecular formula is C10H19N3O. The largest absolute Gasteiger partial charge is 0.382 e. The van der Waals surface area contributed by atoms with E-state index in [0.29, 0.717) is 0 Å². The summed E-state index contributed by atoms with van der Waals surface area (Å²) in [6.45, 7) is 3.56. The van der Waals surface area contributed by atoms with Crippen LogP contribution >= 0.6 is 0 Å². The van der Waals surface area contributed by atoms with E-state index in [9.17, 15) is 0 Å². The molecule has 1 aromatic heterocycles. The molecule has 0 aliphatic rings. The standard InChI is InChI=1S/C10H19N3O/c1-3-14-8-4-5-9(11)10-12-6-7-13(10)2/h6-7,9H,3-5,8,11H2,1-2H3. The van der Waals surface area contributed by atoms with Crippen molar-refractivity contribution < 1.29 is 4.74 Å². The average Bonchev–Trinajstić information content (AvgIpc) is 2.59. The molecule has 4 nitrogen and oxygen atoms in total. The maximum absolute atomic E-state index is 5.98. The average molecular weight is 197 g/mol. The minimum atomic E-state index is 0.0236. The number of hydrogen-bond donors (Lipinski definition) is 1. The Morgan fingerprint density at radius 2 is 2.43 bits per heavy atom. The highest BCUT2D eigenvalue weighted by Crippen LogP contribution is 2.12. The number of imidazole rings is 1. The molecule has 0 radical (unpaired) electrons. The molecule has 1 aromatic rings. The summed E-state index contributed by atoms with van der Waals surface area (Å²) >= 11 is 0. The van der Waals surface area contributed by atoms with E-state index in [-0.39, 0.29) is 6.04 Å². The molecule has 4 heteroatoms. The molecule has 2 N–H and O–H groups in total. The predicted octanol–water partition coefficient (Wildman–Crippen LogP) is 1.24. The lowest BCUT2D eigenvalue weighted by Crippen LogP contribution is -2.15. The van der Waals surface area contributed by atoms with Crippen molar-refractivity contribution in [3.8, 4) is 0 Å². The molecule has 0 bridgehead atoms. The second-order valence-electron chi connectivity index (χ2n) is 3.34. The Hall–Kier alpha value is -0.870. The molecular weight excluding hydrogens is 178 g/mol. The second kappa shape index (κ2) is 5.78. The molecule has 1 atom stereocenters. The lowest BCUT2D eigenvalue weighted by atomic mass is 10.1. The summed E-state index contributed by atoms with van der Waals surface area (Å²) < 4.78 is 7.21. The van der Waals surface area contributed by atoms with Crippen molar-refractivity contribution in [1.82, 2.24) is 9.55 Å². The first-order valence-corrected chi connectivity index (χ1v) is 5.06. The van der Waals surface area contributed by atoms with E-state index in [1.807, 2.05) is 24.7 Å². The van der Waals surface area contributed by atoms with E-state index in [4.69, 9.17) is 10.5 Å². The van der Waals surface area contributed by atoms with Gasteiger partial charge in [-0.25, -0.2) is 4.98 Å². The number of aryl methyl sites for hydroxylation is 1. The van der Waals surface area contributed by atoms with Crippen LogP contribution in [0.1, 0.15) is 31.6 Å². The van der Waals surface area contributed by atoms with E-state index in [1.54, 1.807) is 6.20 Å². The fourth-order valence-corrected chi connectivity index (χ4v) is 1.41. The Morgan fingerprint density at radius 3 is 3.00 bits per heavy atom. The van der Waals surface area contributed by atoms with Crippen LogP contribution in [0, 0.1) is 0 Å². The van der Waals surface area contributed by atoms with E-state index in [2.05, 4.69) is 4.98 Å². The number of nitrogens with two attached hydrogens (primary N) is 1. The van der Waals surface area contributed by atoms with Crippen LogP contribution in [0.5, 0.6) is 0 Å². The summed E-state index contributed by atoms with van der Waals surface area (Å²) in [5, 5.41) is 0. The molecule has 0 aromatic carbocycles. The highest BCUT2D eigenvalue weighted by molar-refractivity contribution is 4.97. The van der Waals surface area contributed by atoms with Gasteiger partial charge in [0.05, 0.1) is 6.04 Å². The maximum atomic E-state index is 5.98. The molecule has 0 saturated carbocycles. The SMILES string of the molecule is CCOCCCC(N)c1nccn1C. The molecule has 0 fully saturated rings. The molecule has 0 spiro atoms. The van der Waals surface area contributed by atoms with Crippen LogP contribution in [0.4, 0.5) is 0 Å². The fraction of sp³-hybridized carbons (Fsp3) is 0.700. The van der Waals surface area contributed by atoms with Crippen molar-refractivity contribution in [3.63, 3.8) is 0 Å². The third kappa shape index (κ3) is 3.12. The van der Waals surface area contributed by atoms with Crippen LogP contribution in [0.2, 0.25) is 0 Å². The van der Waals surface area contributed by atoms with Crippen molar-refractivity contribution >= 4 is 0 Å². The zero-order valence-corrected chi connectivity index (χ0v) is 8.94. The quantitative estimate of drug-likeness (QED) is 0.698. The van der Waals surface area contributed by atoms with Gasteiger partial charge in [0.2, 0.25) is 0 Å². The van der Waals surface area contributed by atoms with Gasteiger partial charge in [-0.3, -0.25) is 0 Å². The molecule has 0 saturated heterocycles. The highest BCUT2D eigenvalue weighted by Gasteiger charge is 2.09. The van der Waals surface area contributed by atoms with Gasteiger partial charge in [0.25, 0.3) is 0 Å². The lowest BCUT2D eigenvalue weighted by Gasteiger charge is -2.11. The van der Waals surface area contributed by atoms with Gasteiger partial charge >= 0.3 is 0 Å². The van der Waals surface area contributed by atoms with Crippen LogP contribution in [-0.2, 0) is 11.8 Å². The summed E-state index contributed by atoms with van der Waals surface area (Å²) in [6, 6.07) is 0.0236. The van der Waals surface area contributed by atoms with E-state index >= 15 is 0 Å².